The van der Waals surface area contributed by atoms with Gasteiger partial charge in [-0.15, -0.1) is 0 Å². The van der Waals surface area contributed by atoms with Crippen molar-refractivity contribution in [1.29, 1.82) is 0 Å². The minimum absolute atomic E-state index is 0. The zero-order valence-electron chi connectivity index (χ0n) is 20.2. The minimum Gasteiger partial charge on any atom is -0.481 e. The normalized spacial score (nSPS) is 16.2. The van der Waals surface area contributed by atoms with Gasteiger partial charge in [0.05, 0.1) is 5.69 Å². The lowest BCUT2D eigenvalue weighted by Gasteiger charge is -2.31. The van der Waals surface area contributed by atoms with Crippen LogP contribution in [0.4, 0.5) is 4.39 Å². The fraction of sp³-hybridized carbons (Fsp3) is 0.520. The highest BCUT2D eigenvalue weighted by atomic mass is 19.1. The molecule has 2 aliphatic heterocycles. The zero-order valence-corrected chi connectivity index (χ0v) is 20.2. The van der Waals surface area contributed by atoms with Gasteiger partial charge in [0.15, 0.2) is 5.58 Å². The molecule has 9 nitrogen and oxygen atoms in total. The first-order valence-corrected chi connectivity index (χ1v) is 11.9. The van der Waals surface area contributed by atoms with Crippen molar-refractivity contribution in [3.8, 4) is 0 Å². The van der Waals surface area contributed by atoms with Gasteiger partial charge in [-0.25, -0.2) is 9.37 Å². The van der Waals surface area contributed by atoms with E-state index >= 15 is 0 Å². The molecular weight excluding hydrogens is 455 g/mol. The van der Waals surface area contributed by atoms with Gasteiger partial charge in [-0.3, -0.25) is 14.2 Å². The number of aliphatic carboxylic acids is 1. The molecular formula is C25H33FN4O5. The van der Waals surface area contributed by atoms with Crippen molar-refractivity contribution in [2.45, 2.75) is 64.8 Å². The topological polar surface area (TPSA) is 133 Å². The Balaban J connectivity index is 0.000000638. The number of hydrogen-bond acceptors (Lipinski definition) is 6. The highest BCUT2D eigenvalue weighted by Crippen LogP contribution is 2.32. The van der Waals surface area contributed by atoms with Gasteiger partial charge >= 0.3 is 0 Å². The second-order valence-corrected chi connectivity index (χ2v) is 9.10. The maximum absolute atomic E-state index is 13.4. The van der Waals surface area contributed by atoms with Crippen LogP contribution in [0.3, 0.4) is 0 Å². The summed E-state index contributed by atoms with van der Waals surface area (Å²) in [6.07, 6.45) is 5.81. The molecule has 0 aliphatic carbocycles. The Morgan fingerprint density at radius 1 is 1.23 bits per heavy atom. The quantitative estimate of drug-likeness (QED) is 0.597. The van der Waals surface area contributed by atoms with Crippen molar-refractivity contribution in [3.63, 3.8) is 0 Å². The fourth-order valence-electron chi connectivity index (χ4n) is 4.94. The second kappa shape index (κ2) is 11.5. The number of carbonyl (C=O) groups is 1. The van der Waals surface area contributed by atoms with Crippen LogP contribution in [-0.4, -0.2) is 55.8 Å². The fourth-order valence-corrected chi connectivity index (χ4v) is 4.94. The Kier molecular flexibility index (Phi) is 8.74. The molecule has 1 aromatic carbocycles. The van der Waals surface area contributed by atoms with Crippen molar-refractivity contribution in [3.05, 3.63) is 57.1 Å². The summed E-state index contributed by atoms with van der Waals surface area (Å²) < 4.78 is 20.6. The lowest BCUT2D eigenvalue weighted by Crippen LogP contribution is -2.37. The molecule has 35 heavy (non-hydrogen) atoms. The Morgan fingerprint density at radius 3 is 2.66 bits per heavy atom. The molecule has 0 bridgehead atoms. The van der Waals surface area contributed by atoms with E-state index in [0.717, 1.165) is 99.8 Å². The van der Waals surface area contributed by atoms with Gasteiger partial charge in [0.25, 0.3) is 11.5 Å². The van der Waals surface area contributed by atoms with Gasteiger partial charge in [0.1, 0.15) is 11.6 Å². The number of rotatable bonds is 4. The Bertz CT molecular complexity index is 1230. The molecule has 4 heterocycles. The lowest BCUT2D eigenvalue weighted by molar-refractivity contribution is -0.134. The Labute approximate surface area is 202 Å². The first-order valence-electron chi connectivity index (χ1n) is 11.9. The van der Waals surface area contributed by atoms with Gasteiger partial charge in [0, 0.05) is 55.1 Å². The Morgan fingerprint density at radius 2 is 1.94 bits per heavy atom. The molecule has 2 aliphatic rings. The first kappa shape index (κ1) is 26.5. The van der Waals surface area contributed by atoms with Crippen LogP contribution < -0.4 is 5.56 Å². The van der Waals surface area contributed by atoms with Crippen LogP contribution in [0.1, 0.15) is 61.3 Å². The van der Waals surface area contributed by atoms with E-state index in [9.17, 15) is 9.18 Å². The highest BCUT2D eigenvalue weighted by molar-refractivity contribution is 5.79. The van der Waals surface area contributed by atoms with E-state index < -0.39 is 5.97 Å². The molecule has 1 saturated heterocycles. The van der Waals surface area contributed by atoms with Crippen LogP contribution in [0, 0.1) is 12.7 Å². The standard InChI is InChI=1S/C23H27FN4O2.C2H4O2.H2O/c1-15-18(23(29)28-10-3-2-4-21(28)25-15)9-13-27-11-7-16(8-12-27)22-19-6-5-17(24)14-20(19)30-26-22;1-2(3)4;/h5-6,14,16H,2-4,7-13H2,1H3;1H3,(H,3,4);1H2. The number of hydrogen-bond donors (Lipinski definition) is 1. The number of likely N-dealkylation sites (tertiary alicyclic amines) is 1. The van der Waals surface area contributed by atoms with Gasteiger partial charge in [0.2, 0.25) is 0 Å². The number of nitrogens with zero attached hydrogens (tertiary/aromatic N) is 4. The average molecular weight is 489 g/mol. The molecule has 0 amide bonds. The maximum Gasteiger partial charge on any atom is 0.300 e. The minimum atomic E-state index is -0.833. The van der Waals surface area contributed by atoms with Crippen molar-refractivity contribution in [2.75, 3.05) is 19.6 Å². The van der Waals surface area contributed by atoms with E-state index in [0.29, 0.717) is 11.5 Å². The van der Waals surface area contributed by atoms with Gasteiger partial charge < -0.3 is 20.0 Å². The van der Waals surface area contributed by atoms with E-state index in [1.807, 2.05) is 11.5 Å². The number of halogens is 1. The molecule has 3 aromatic rings. The third-order valence-electron chi connectivity index (χ3n) is 6.69. The van der Waals surface area contributed by atoms with Crippen molar-refractivity contribution in [2.24, 2.45) is 0 Å². The second-order valence-electron chi connectivity index (χ2n) is 9.10. The van der Waals surface area contributed by atoms with Gasteiger partial charge in [-0.05, 0) is 64.3 Å². The summed E-state index contributed by atoms with van der Waals surface area (Å²) in [5, 5.41) is 12.6. The molecule has 10 heteroatoms. The predicted octanol–water partition coefficient (Wildman–Crippen LogP) is 2.86. The monoisotopic (exact) mass is 488 g/mol. The number of benzene rings is 1. The smallest absolute Gasteiger partial charge is 0.300 e. The number of aromatic nitrogens is 3. The van der Waals surface area contributed by atoms with Crippen LogP contribution in [0.2, 0.25) is 0 Å². The SMILES string of the molecule is CC(=O)O.Cc1nc2n(c(=O)c1CCN1CCC(c3noc4cc(F)ccc34)CC1)CCCC2.O. The van der Waals surface area contributed by atoms with Crippen LogP contribution in [0.25, 0.3) is 11.0 Å². The molecule has 0 unspecified atom stereocenters. The molecule has 2 aromatic heterocycles. The van der Waals surface area contributed by atoms with Crippen molar-refractivity contribution >= 4 is 16.9 Å². The van der Waals surface area contributed by atoms with Gasteiger partial charge in [-0.2, -0.15) is 0 Å². The largest absolute Gasteiger partial charge is 0.481 e. The average Bonchev–Trinajstić information content (AvgIpc) is 3.22. The number of carboxylic acid groups (broad SMARTS) is 1. The molecule has 3 N–H and O–H groups in total. The molecule has 0 atom stereocenters. The van der Waals surface area contributed by atoms with Crippen molar-refractivity contribution < 1.29 is 24.3 Å². The molecule has 0 radical (unpaired) electrons. The maximum atomic E-state index is 13.4. The number of piperidine rings is 1. The third kappa shape index (κ3) is 6.12. The highest BCUT2D eigenvalue weighted by Gasteiger charge is 2.25. The van der Waals surface area contributed by atoms with E-state index in [1.165, 1.54) is 12.1 Å². The Hall–Kier alpha value is -3.11. The summed E-state index contributed by atoms with van der Waals surface area (Å²) in [6, 6.07) is 4.63. The lowest BCUT2D eigenvalue weighted by atomic mass is 9.91. The van der Waals surface area contributed by atoms with Gasteiger partial charge in [-0.1, -0.05) is 5.16 Å². The van der Waals surface area contributed by atoms with E-state index in [2.05, 4.69) is 10.1 Å². The van der Waals surface area contributed by atoms with Crippen LogP contribution in [0.5, 0.6) is 0 Å². The summed E-state index contributed by atoms with van der Waals surface area (Å²) in [7, 11) is 0. The molecule has 0 saturated carbocycles. The molecule has 0 spiro atoms. The van der Waals surface area contributed by atoms with E-state index in [4.69, 9.17) is 19.4 Å². The summed E-state index contributed by atoms with van der Waals surface area (Å²) in [5.74, 6) is 0.140. The summed E-state index contributed by atoms with van der Waals surface area (Å²) in [5.41, 5.74) is 3.38. The molecule has 5 rings (SSSR count). The van der Waals surface area contributed by atoms with Crippen LogP contribution in [-0.2, 0) is 24.2 Å². The van der Waals surface area contributed by atoms with E-state index in [1.54, 1.807) is 6.07 Å². The summed E-state index contributed by atoms with van der Waals surface area (Å²) >= 11 is 0. The zero-order chi connectivity index (χ0) is 24.2. The third-order valence-corrected chi connectivity index (χ3v) is 6.69. The van der Waals surface area contributed by atoms with E-state index in [-0.39, 0.29) is 16.9 Å². The van der Waals surface area contributed by atoms with Crippen LogP contribution in [0.15, 0.2) is 27.5 Å². The molecule has 190 valence electrons. The van der Waals surface area contributed by atoms with Crippen LogP contribution >= 0.6 is 0 Å². The number of fused-ring (bicyclic) bond motifs is 2. The summed E-state index contributed by atoms with van der Waals surface area (Å²) in [6.45, 7) is 6.64. The van der Waals surface area contributed by atoms with Crippen molar-refractivity contribution in [1.82, 2.24) is 19.6 Å². The first-order chi connectivity index (χ1) is 16.3. The number of carboxylic acids is 1. The predicted molar refractivity (Wildman–Crippen MR) is 129 cm³/mol. The molecule has 1 fully saturated rings. The number of aryl methyl sites for hydroxylation is 2. The summed E-state index contributed by atoms with van der Waals surface area (Å²) in [4.78, 5) is 29.1.